The Kier molecular flexibility index (Phi) is 6.18. The van der Waals surface area contributed by atoms with E-state index in [1.54, 1.807) is 32.4 Å². The zero-order valence-corrected chi connectivity index (χ0v) is 19.1. The summed E-state index contributed by atoms with van der Waals surface area (Å²) in [6.45, 7) is 4.19. The van der Waals surface area contributed by atoms with Gasteiger partial charge >= 0.3 is 0 Å². The van der Waals surface area contributed by atoms with Gasteiger partial charge in [-0.1, -0.05) is 48.5 Å². The van der Waals surface area contributed by atoms with Crippen LogP contribution in [0.2, 0.25) is 0 Å². The number of rotatable bonds is 7. The fourth-order valence-corrected chi connectivity index (χ4v) is 3.81. The SMILES string of the molecule is COc1ccc(OC)c(NC2=C(c3ccc(C)c(C)c3)C(=O)N(Cc3ccccc3)C2=O)c1. The summed E-state index contributed by atoms with van der Waals surface area (Å²) in [6.07, 6.45) is 0. The van der Waals surface area contributed by atoms with Gasteiger partial charge in [0.15, 0.2) is 0 Å². The van der Waals surface area contributed by atoms with Crippen LogP contribution in [-0.2, 0) is 16.1 Å². The van der Waals surface area contributed by atoms with Gasteiger partial charge in [0.2, 0.25) is 0 Å². The monoisotopic (exact) mass is 442 g/mol. The molecule has 1 N–H and O–H groups in total. The molecule has 0 aliphatic carbocycles. The molecule has 0 aromatic heterocycles. The molecule has 0 saturated heterocycles. The molecule has 3 aromatic rings. The Morgan fingerprint density at radius 2 is 1.58 bits per heavy atom. The first-order chi connectivity index (χ1) is 15.9. The Hall–Kier alpha value is -4.06. The van der Waals surface area contributed by atoms with Crippen LogP contribution in [-0.4, -0.2) is 30.9 Å². The first-order valence-corrected chi connectivity index (χ1v) is 10.6. The topological polar surface area (TPSA) is 67.9 Å². The van der Waals surface area contributed by atoms with E-state index in [1.165, 1.54) is 4.90 Å². The molecule has 0 unspecified atom stereocenters. The average Bonchev–Trinajstić information content (AvgIpc) is 3.05. The van der Waals surface area contributed by atoms with Crippen molar-refractivity contribution in [2.45, 2.75) is 20.4 Å². The van der Waals surface area contributed by atoms with Crippen molar-refractivity contribution < 1.29 is 19.1 Å². The third-order valence-corrected chi connectivity index (χ3v) is 5.81. The van der Waals surface area contributed by atoms with Crippen LogP contribution < -0.4 is 14.8 Å². The maximum atomic E-state index is 13.5. The predicted molar refractivity (Wildman–Crippen MR) is 128 cm³/mol. The zero-order chi connectivity index (χ0) is 23.5. The van der Waals surface area contributed by atoms with Gasteiger partial charge in [-0.25, -0.2) is 0 Å². The Morgan fingerprint density at radius 1 is 0.818 bits per heavy atom. The van der Waals surface area contributed by atoms with Crippen LogP contribution in [0.15, 0.2) is 72.4 Å². The standard InChI is InChI=1S/C27H26N2O4/c1-17-10-11-20(14-18(17)2)24-25(28-22-15-21(32-3)12-13-23(22)33-4)27(31)29(26(24)30)16-19-8-6-5-7-9-19/h5-15,28H,16H2,1-4H3. The molecule has 3 aromatic carbocycles. The Balaban J connectivity index is 1.81. The van der Waals surface area contributed by atoms with Crippen molar-refractivity contribution in [3.8, 4) is 11.5 Å². The number of nitrogens with one attached hydrogen (secondary N) is 1. The summed E-state index contributed by atoms with van der Waals surface area (Å²) in [5.41, 5.74) is 4.81. The van der Waals surface area contributed by atoms with E-state index in [0.29, 0.717) is 28.3 Å². The fourth-order valence-electron chi connectivity index (χ4n) is 3.81. The van der Waals surface area contributed by atoms with Gasteiger partial charge in [0, 0.05) is 6.07 Å². The Bertz CT molecular complexity index is 1250. The van der Waals surface area contributed by atoms with Crippen LogP contribution in [0.1, 0.15) is 22.3 Å². The fraction of sp³-hybridized carbons (Fsp3) is 0.185. The molecule has 6 heteroatoms. The zero-order valence-electron chi connectivity index (χ0n) is 19.1. The number of nitrogens with zero attached hydrogens (tertiary/aromatic N) is 1. The van der Waals surface area contributed by atoms with E-state index in [9.17, 15) is 9.59 Å². The maximum Gasteiger partial charge on any atom is 0.278 e. The first kappa shape index (κ1) is 22.1. The minimum Gasteiger partial charge on any atom is -0.497 e. The third-order valence-electron chi connectivity index (χ3n) is 5.81. The number of carbonyl (C=O) groups excluding carboxylic acids is 2. The minimum atomic E-state index is -0.387. The lowest BCUT2D eigenvalue weighted by atomic mass is 9.99. The molecular formula is C27H26N2O4. The highest BCUT2D eigenvalue weighted by molar-refractivity contribution is 6.36. The minimum absolute atomic E-state index is 0.188. The van der Waals surface area contributed by atoms with E-state index in [0.717, 1.165) is 16.7 Å². The number of hydrogen-bond donors (Lipinski definition) is 1. The second kappa shape index (κ2) is 9.20. The molecule has 0 saturated carbocycles. The van der Waals surface area contributed by atoms with Gasteiger partial charge in [0.1, 0.15) is 17.2 Å². The summed E-state index contributed by atoms with van der Waals surface area (Å²) in [6, 6.07) is 20.5. The van der Waals surface area contributed by atoms with Gasteiger partial charge in [-0.3, -0.25) is 14.5 Å². The molecule has 0 fully saturated rings. The normalized spacial score (nSPS) is 13.5. The van der Waals surface area contributed by atoms with Gasteiger partial charge in [-0.2, -0.15) is 0 Å². The molecule has 1 aliphatic heterocycles. The highest BCUT2D eigenvalue weighted by atomic mass is 16.5. The van der Waals surface area contributed by atoms with E-state index in [-0.39, 0.29) is 24.1 Å². The quantitative estimate of drug-likeness (QED) is 0.537. The molecule has 1 aliphatic rings. The smallest absolute Gasteiger partial charge is 0.278 e. The lowest BCUT2D eigenvalue weighted by Gasteiger charge is -2.16. The van der Waals surface area contributed by atoms with E-state index in [4.69, 9.17) is 9.47 Å². The molecule has 6 nitrogen and oxygen atoms in total. The van der Waals surface area contributed by atoms with Gasteiger partial charge in [0.05, 0.1) is 32.0 Å². The number of benzene rings is 3. The summed E-state index contributed by atoms with van der Waals surface area (Å²) in [5, 5.41) is 3.18. The molecular weight excluding hydrogens is 416 g/mol. The lowest BCUT2D eigenvalue weighted by molar-refractivity contribution is -0.137. The molecule has 2 amide bonds. The maximum absolute atomic E-state index is 13.5. The summed E-state index contributed by atoms with van der Waals surface area (Å²) in [7, 11) is 3.12. The summed E-state index contributed by atoms with van der Waals surface area (Å²) >= 11 is 0. The highest BCUT2D eigenvalue weighted by Crippen LogP contribution is 2.36. The molecule has 0 bridgehead atoms. The van der Waals surface area contributed by atoms with E-state index >= 15 is 0 Å². The number of ether oxygens (including phenoxy) is 2. The van der Waals surface area contributed by atoms with E-state index < -0.39 is 0 Å². The molecule has 0 atom stereocenters. The van der Waals surface area contributed by atoms with Crippen LogP contribution >= 0.6 is 0 Å². The van der Waals surface area contributed by atoms with Crippen LogP contribution in [0.25, 0.3) is 5.57 Å². The lowest BCUT2D eigenvalue weighted by Crippen LogP contribution is -2.32. The number of anilines is 1. The van der Waals surface area contributed by atoms with Crippen molar-refractivity contribution in [3.63, 3.8) is 0 Å². The van der Waals surface area contributed by atoms with Crippen molar-refractivity contribution in [1.82, 2.24) is 4.90 Å². The van der Waals surface area contributed by atoms with Crippen LogP contribution in [0.4, 0.5) is 5.69 Å². The molecule has 0 spiro atoms. The number of carbonyl (C=O) groups is 2. The average molecular weight is 443 g/mol. The number of hydrogen-bond acceptors (Lipinski definition) is 5. The second-order valence-electron chi connectivity index (χ2n) is 7.92. The summed E-state index contributed by atoms with van der Waals surface area (Å²) < 4.78 is 10.8. The van der Waals surface area contributed by atoms with Crippen molar-refractivity contribution in [3.05, 3.63) is 94.7 Å². The second-order valence-corrected chi connectivity index (χ2v) is 7.92. The van der Waals surface area contributed by atoms with Gasteiger partial charge in [-0.05, 0) is 48.2 Å². The number of aryl methyl sites for hydroxylation is 2. The molecule has 33 heavy (non-hydrogen) atoms. The molecule has 168 valence electrons. The Morgan fingerprint density at radius 3 is 2.24 bits per heavy atom. The van der Waals surface area contributed by atoms with E-state index in [1.807, 2.05) is 62.4 Å². The van der Waals surface area contributed by atoms with Crippen LogP contribution in [0.5, 0.6) is 11.5 Å². The summed E-state index contributed by atoms with van der Waals surface area (Å²) in [5.74, 6) is 0.410. The highest BCUT2D eigenvalue weighted by Gasteiger charge is 2.39. The third kappa shape index (κ3) is 4.32. The van der Waals surface area contributed by atoms with Crippen molar-refractivity contribution >= 4 is 23.1 Å². The summed E-state index contributed by atoms with van der Waals surface area (Å²) in [4.78, 5) is 28.3. The van der Waals surface area contributed by atoms with E-state index in [2.05, 4.69) is 5.32 Å². The predicted octanol–water partition coefficient (Wildman–Crippen LogP) is 4.71. The van der Waals surface area contributed by atoms with Crippen LogP contribution in [0.3, 0.4) is 0 Å². The largest absolute Gasteiger partial charge is 0.497 e. The molecule has 4 rings (SSSR count). The van der Waals surface area contributed by atoms with Gasteiger partial charge in [0.25, 0.3) is 11.8 Å². The van der Waals surface area contributed by atoms with Crippen molar-refractivity contribution in [2.75, 3.05) is 19.5 Å². The van der Waals surface area contributed by atoms with Crippen molar-refractivity contribution in [2.24, 2.45) is 0 Å². The Labute approximate surface area is 193 Å². The van der Waals surface area contributed by atoms with Gasteiger partial charge in [-0.15, -0.1) is 0 Å². The molecule has 0 radical (unpaired) electrons. The molecule has 1 heterocycles. The first-order valence-electron chi connectivity index (χ1n) is 10.6. The number of imide groups is 1. The number of amides is 2. The van der Waals surface area contributed by atoms with Crippen LogP contribution in [0, 0.1) is 13.8 Å². The van der Waals surface area contributed by atoms with Gasteiger partial charge < -0.3 is 14.8 Å². The van der Waals surface area contributed by atoms with Crippen molar-refractivity contribution in [1.29, 1.82) is 0 Å². The number of methoxy groups -OCH3 is 2.